The zero-order chi connectivity index (χ0) is 14.8. The molecule has 2 aliphatic heterocycles. The number of hydrogen-bond acceptors (Lipinski definition) is 4. The molecule has 0 radical (unpaired) electrons. The first-order chi connectivity index (χ1) is 10.2. The third-order valence-corrected chi connectivity index (χ3v) is 4.57. The van der Waals surface area contributed by atoms with Gasteiger partial charge in [0.25, 0.3) is 0 Å². The molecule has 1 saturated heterocycles. The van der Waals surface area contributed by atoms with Gasteiger partial charge in [0, 0.05) is 25.2 Å². The summed E-state index contributed by atoms with van der Waals surface area (Å²) in [6, 6.07) is 3.97. The number of amides is 1. The van der Waals surface area contributed by atoms with Crippen LogP contribution in [0, 0.1) is 5.92 Å². The van der Waals surface area contributed by atoms with Crippen molar-refractivity contribution in [2.45, 2.75) is 26.2 Å². The minimum atomic E-state index is 0.0904. The van der Waals surface area contributed by atoms with E-state index in [1.807, 2.05) is 12.1 Å². The summed E-state index contributed by atoms with van der Waals surface area (Å²) in [4.78, 5) is 14.0. The highest BCUT2D eigenvalue weighted by molar-refractivity contribution is 5.95. The van der Waals surface area contributed by atoms with Gasteiger partial charge in [0.1, 0.15) is 0 Å². The molecular weight excluding hydrogens is 264 g/mol. The molecule has 0 aromatic heterocycles. The van der Waals surface area contributed by atoms with Crippen LogP contribution in [0.2, 0.25) is 0 Å². The maximum atomic E-state index is 11.5. The Hall–Kier alpha value is -1.75. The van der Waals surface area contributed by atoms with E-state index < -0.39 is 0 Å². The van der Waals surface area contributed by atoms with E-state index in [0.717, 1.165) is 48.7 Å². The van der Waals surface area contributed by atoms with Crippen molar-refractivity contribution in [2.75, 3.05) is 42.5 Å². The van der Waals surface area contributed by atoms with Crippen LogP contribution in [-0.4, -0.2) is 37.0 Å². The minimum Gasteiger partial charge on any atom is -0.397 e. The second-order valence-corrected chi connectivity index (χ2v) is 6.07. The second-order valence-electron chi connectivity index (χ2n) is 6.07. The van der Waals surface area contributed by atoms with Gasteiger partial charge in [0.2, 0.25) is 5.91 Å². The number of carbonyl (C=O) groups is 1. The standard InChI is InChI=1S/C16H24N4O/c1-2-20-6-5-11(10-20)9-18-15-8-14-12(7-13(15)17)3-4-16(21)19-14/h7-8,11,18H,2-6,9-10,17H2,1H3,(H,19,21). The fraction of sp³-hybridized carbons (Fsp3) is 0.562. The first-order valence-corrected chi connectivity index (χ1v) is 7.84. The highest BCUT2D eigenvalue weighted by atomic mass is 16.1. The van der Waals surface area contributed by atoms with Crippen LogP contribution in [0.15, 0.2) is 12.1 Å². The Bertz CT molecular complexity index is 543. The fourth-order valence-electron chi connectivity index (χ4n) is 3.22. The Morgan fingerprint density at radius 3 is 3.05 bits per heavy atom. The number of nitrogen functional groups attached to an aromatic ring is 1. The highest BCUT2D eigenvalue weighted by Crippen LogP contribution is 2.31. The molecule has 1 aromatic carbocycles. The first-order valence-electron chi connectivity index (χ1n) is 7.84. The van der Waals surface area contributed by atoms with E-state index in [9.17, 15) is 4.79 Å². The van der Waals surface area contributed by atoms with Crippen LogP contribution in [0.4, 0.5) is 17.1 Å². The summed E-state index contributed by atoms with van der Waals surface area (Å²) in [5.74, 6) is 0.766. The van der Waals surface area contributed by atoms with Crippen molar-refractivity contribution in [3.63, 3.8) is 0 Å². The molecule has 2 aliphatic rings. The van der Waals surface area contributed by atoms with Crippen molar-refractivity contribution in [1.82, 2.24) is 4.90 Å². The predicted octanol–water partition coefficient (Wildman–Crippen LogP) is 1.91. The van der Waals surface area contributed by atoms with Gasteiger partial charge in [-0.15, -0.1) is 0 Å². The molecule has 0 saturated carbocycles. The lowest BCUT2D eigenvalue weighted by atomic mass is 10.0. The third kappa shape index (κ3) is 3.13. The average molecular weight is 288 g/mol. The Labute approximate surface area is 125 Å². The number of benzene rings is 1. The van der Waals surface area contributed by atoms with E-state index in [2.05, 4.69) is 22.5 Å². The molecule has 1 unspecified atom stereocenters. The van der Waals surface area contributed by atoms with Crippen molar-refractivity contribution in [3.05, 3.63) is 17.7 Å². The van der Waals surface area contributed by atoms with Gasteiger partial charge in [0.15, 0.2) is 0 Å². The Kier molecular flexibility index (Phi) is 4.01. The normalized spacial score (nSPS) is 22.0. The lowest BCUT2D eigenvalue weighted by Crippen LogP contribution is -2.23. The molecule has 1 amide bonds. The quantitative estimate of drug-likeness (QED) is 0.740. The van der Waals surface area contributed by atoms with Gasteiger partial charge in [-0.05, 0) is 49.5 Å². The number of carbonyl (C=O) groups excluding carboxylic acids is 1. The van der Waals surface area contributed by atoms with Gasteiger partial charge in [-0.25, -0.2) is 0 Å². The van der Waals surface area contributed by atoms with Gasteiger partial charge in [0.05, 0.1) is 11.4 Å². The van der Waals surface area contributed by atoms with Gasteiger partial charge >= 0.3 is 0 Å². The van der Waals surface area contributed by atoms with E-state index in [1.165, 1.54) is 13.0 Å². The van der Waals surface area contributed by atoms with Crippen LogP contribution >= 0.6 is 0 Å². The minimum absolute atomic E-state index is 0.0904. The van der Waals surface area contributed by atoms with E-state index in [0.29, 0.717) is 12.3 Å². The van der Waals surface area contributed by atoms with Gasteiger partial charge in [-0.3, -0.25) is 4.79 Å². The molecule has 5 nitrogen and oxygen atoms in total. The molecule has 3 rings (SSSR count). The molecule has 2 heterocycles. The topological polar surface area (TPSA) is 70.4 Å². The smallest absolute Gasteiger partial charge is 0.224 e. The Morgan fingerprint density at radius 1 is 1.43 bits per heavy atom. The largest absolute Gasteiger partial charge is 0.397 e. The van der Waals surface area contributed by atoms with Crippen LogP contribution in [-0.2, 0) is 11.2 Å². The predicted molar refractivity (Wildman–Crippen MR) is 86.5 cm³/mol. The number of nitrogens with zero attached hydrogens (tertiary/aromatic N) is 1. The number of hydrogen-bond donors (Lipinski definition) is 3. The fourth-order valence-corrected chi connectivity index (χ4v) is 3.22. The van der Waals surface area contributed by atoms with Crippen molar-refractivity contribution < 1.29 is 4.79 Å². The van der Waals surface area contributed by atoms with Crippen molar-refractivity contribution in [1.29, 1.82) is 0 Å². The van der Waals surface area contributed by atoms with Crippen LogP contribution in [0.3, 0.4) is 0 Å². The molecule has 21 heavy (non-hydrogen) atoms. The van der Waals surface area contributed by atoms with Gasteiger partial charge in [-0.1, -0.05) is 6.92 Å². The SMILES string of the molecule is CCN1CCC(CNc2cc3c(cc2N)CCC(=O)N3)C1. The Balaban J connectivity index is 1.65. The van der Waals surface area contributed by atoms with E-state index in [4.69, 9.17) is 5.73 Å². The van der Waals surface area contributed by atoms with Crippen molar-refractivity contribution in [3.8, 4) is 0 Å². The van der Waals surface area contributed by atoms with Crippen molar-refractivity contribution in [2.24, 2.45) is 5.92 Å². The zero-order valence-electron chi connectivity index (χ0n) is 12.6. The molecule has 1 fully saturated rings. The molecule has 1 atom stereocenters. The maximum absolute atomic E-state index is 11.5. The van der Waals surface area contributed by atoms with E-state index >= 15 is 0 Å². The summed E-state index contributed by atoms with van der Waals surface area (Å²) in [7, 11) is 0. The molecule has 114 valence electrons. The molecule has 0 aliphatic carbocycles. The number of fused-ring (bicyclic) bond motifs is 1. The van der Waals surface area contributed by atoms with Gasteiger partial charge in [-0.2, -0.15) is 0 Å². The first kappa shape index (κ1) is 14.2. The summed E-state index contributed by atoms with van der Waals surface area (Å²) < 4.78 is 0. The number of likely N-dealkylation sites (tertiary alicyclic amines) is 1. The summed E-state index contributed by atoms with van der Waals surface area (Å²) >= 11 is 0. The van der Waals surface area contributed by atoms with Crippen LogP contribution in [0.1, 0.15) is 25.3 Å². The molecule has 1 aromatic rings. The number of aryl methyl sites for hydroxylation is 1. The third-order valence-electron chi connectivity index (χ3n) is 4.57. The summed E-state index contributed by atoms with van der Waals surface area (Å²) in [5.41, 5.74) is 9.88. The lowest BCUT2D eigenvalue weighted by molar-refractivity contribution is -0.116. The summed E-state index contributed by atoms with van der Waals surface area (Å²) in [6.07, 6.45) is 2.57. The van der Waals surface area contributed by atoms with E-state index in [1.54, 1.807) is 0 Å². The molecule has 0 spiro atoms. The molecule has 5 heteroatoms. The van der Waals surface area contributed by atoms with Crippen LogP contribution in [0.25, 0.3) is 0 Å². The van der Waals surface area contributed by atoms with Crippen LogP contribution in [0.5, 0.6) is 0 Å². The number of rotatable bonds is 4. The molecule has 4 N–H and O–H groups in total. The van der Waals surface area contributed by atoms with E-state index in [-0.39, 0.29) is 5.91 Å². The number of nitrogens with two attached hydrogens (primary N) is 1. The monoisotopic (exact) mass is 288 g/mol. The van der Waals surface area contributed by atoms with Gasteiger partial charge < -0.3 is 21.3 Å². The number of anilines is 3. The van der Waals surface area contributed by atoms with Crippen LogP contribution < -0.4 is 16.4 Å². The Morgan fingerprint density at radius 2 is 2.29 bits per heavy atom. The van der Waals surface area contributed by atoms with Crippen molar-refractivity contribution >= 4 is 23.0 Å². The summed E-state index contributed by atoms with van der Waals surface area (Å²) in [5, 5.41) is 6.39. The number of nitrogens with one attached hydrogen (secondary N) is 2. The lowest BCUT2D eigenvalue weighted by Gasteiger charge is -2.21. The maximum Gasteiger partial charge on any atom is 0.224 e. The molecular formula is C16H24N4O. The highest BCUT2D eigenvalue weighted by Gasteiger charge is 2.21. The summed E-state index contributed by atoms with van der Waals surface area (Å²) in [6.45, 7) is 6.63. The average Bonchev–Trinajstić information content (AvgIpc) is 2.93. The molecule has 0 bridgehead atoms. The second kappa shape index (κ2) is 5.93. The zero-order valence-corrected chi connectivity index (χ0v) is 12.6.